The van der Waals surface area contributed by atoms with Gasteiger partial charge in [0.25, 0.3) is 20.0 Å². The lowest BCUT2D eigenvalue weighted by Crippen LogP contribution is -2.13. The minimum Gasteiger partial charge on any atom is -0.507 e. The first-order valence-electron chi connectivity index (χ1n) is 12.5. The highest BCUT2D eigenvalue weighted by Gasteiger charge is 2.16. The van der Waals surface area contributed by atoms with Gasteiger partial charge >= 0.3 is 5.97 Å². The summed E-state index contributed by atoms with van der Waals surface area (Å²) >= 11 is 1.18. The lowest BCUT2D eigenvalue weighted by Gasteiger charge is -2.07. The van der Waals surface area contributed by atoms with Crippen molar-refractivity contribution in [3.63, 3.8) is 0 Å². The Morgan fingerprint density at radius 3 is 2.00 bits per heavy atom. The molecule has 0 unspecified atom stereocenters. The number of aryl methyl sites for hydroxylation is 1. The minimum atomic E-state index is -3.79. The van der Waals surface area contributed by atoms with Crippen LogP contribution in [0.5, 0.6) is 5.75 Å². The van der Waals surface area contributed by atoms with Crippen LogP contribution in [0.15, 0.2) is 111 Å². The van der Waals surface area contributed by atoms with Crippen LogP contribution in [0.2, 0.25) is 0 Å². The molecule has 18 heteroatoms. The van der Waals surface area contributed by atoms with E-state index in [1.165, 1.54) is 90.3 Å². The number of anilines is 3. The van der Waals surface area contributed by atoms with Gasteiger partial charge in [-0.2, -0.15) is 10.2 Å². The lowest BCUT2D eigenvalue weighted by molar-refractivity contribution is 0.0693. The summed E-state index contributed by atoms with van der Waals surface area (Å²) in [6, 6.07) is 20.2. The zero-order chi connectivity index (χ0) is 32.6. The van der Waals surface area contributed by atoms with Gasteiger partial charge in [-0.3, -0.25) is 9.44 Å². The van der Waals surface area contributed by atoms with Crippen molar-refractivity contribution in [1.29, 1.82) is 0 Å². The molecule has 0 saturated carbocycles. The molecule has 15 nitrogen and oxygen atoms in total. The number of benzene rings is 3. The third-order valence-electron chi connectivity index (χ3n) is 5.48. The van der Waals surface area contributed by atoms with E-state index < -0.39 is 26.0 Å². The van der Waals surface area contributed by atoms with Crippen molar-refractivity contribution in [3.8, 4) is 5.75 Å². The topological polar surface area (TPSA) is 239 Å². The number of hydrogen-bond acceptors (Lipinski definition) is 13. The summed E-state index contributed by atoms with van der Waals surface area (Å²) in [5.41, 5.74) is 6.30. The summed E-state index contributed by atoms with van der Waals surface area (Å²) in [4.78, 5) is 15.1. The Labute approximate surface area is 261 Å². The van der Waals surface area contributed by atoms with Crippen molar-refractivity contribution in [3.05, 3.63) is 102 Å². The number of nitrogen functional groups attached to an aromatic ring is 1. The number of hydrogen-bond donors (Lipinski definition) is 5. The molecule has 2 aromatic heterocycles. The summed E-state index contributed by atoms with van der Waals surface area (Å²) in [6.07, 6.45) is 1.47. The van der Waals surface area contributed by atoms with Gasteiger partial charge in [-0.15, -0.1) is 10.2 Å². The summed E-state index contributed by atoms with van der Waals surface area (Å²) < 4.78 is 53.2. The van der Waals surface area contributed by atoms with Gasteiger partial charge in [0.15, 0.2) is 0 Å². The number of sulfonamides is 2. The van der Waals surface area contributed by atoms with Crippen LogP contribution in [-0.2, 0) is 20.0 Å². The molecule has 0 aliphatic carbocycles. The van der Waals surface area contributed by atoms with Crippen molar-refractivity contribution >= 4 is 65.4 Å². The number of aromatic carboxylic acids is 1. The van der Waals surface area contributed by atoms with Crippen LogP contribution >= 0.6 is 11.3 Å². The maximum absolute atomic E-state index is 12.3. The Hall–Kier alpha value is -5.46. The van der Waals surface area contributed by atoms with E-state index in [2.05, 4.69) is 34.9 Å². The van der Waals surface area contributed by atoms with Crippen molar-refractivity contribution in [2.75, 3.05) is 15.2 Å². The highest BCUT2D eigenvalue weighted by Crippen LogP contribution is 2.26. The number of rotatable bonds is 9. The van der Waals surface area contributed by atoms with Crippen LogP contribution in [-0.4, -0.2) is 48.2 Å². The van der Waals surface area contributed by atoms with E-state index in [9.17, 15) is 26.7 Å². The van der Waals surface area contributed by atoms with E-state index in [1.807, 2.05) is 0 Å². The monoisotopic (exact) mass is 668 g/mol. The van der Waals surface area contributed by atoms with E-state index in [4.69, 9.17) is 10.8 Å². The smallest absolute Gasteiger partial charge is 0.339 e. The van der Waals surface area contributed by atoms with Gasteiger partial charge in [0, 0.05) is 11.9 Å². The zero-order valence-corrected chi connectivity index (χ0v) is 25.6. The standard InChI is InChI=1S/C18H14N4O5S.C9H10N4O2S2/c23-16-9-6-13(11-15(16)18(24)25)21-20-12-4-7-14(8-5-12)28(26,27)22-17-3-1-2-10-19-17;1-6-11-12-9(16-6)13-17(14,15)8-4-2-7(10)3-5-8/h1-11,23H,(H,19,22)(H,24,25);2-5H,10H2,1H3,(H,12,13). The normalized spacial score (nSPS) is 11.4. The molecule has 0 aliphatic heterocycles. The largest absolute Gasteiger partial charge is 0.507 e. The van der Waals surface area contributed by atoms with E-state index >= 15 is 0 Å². The molecule has 5 aromatic rings. The Morgan fingerprint density at radius 1 is 0.822 bits per heavy atom. The molecule has 45 heavy (non-hydrogen) atoms. The van der Waals surface area contributed by atoms with Crippen LogP contribution in [0.4, 0.5) is 28.0 Å². The summed E-state index contributed by atoms with van der Waals surface area (Å²) in [5, 5.41) is 34.7. The number of aromatic nitrogens is 3. The molecule has 0 amide bonds. The molecule has 232 valence electrons. The molecule has 0 spiro atoms. The van der Waals surface area contributed by atoms with E-state index in [-0.39, 0.29) is 37.7 Å². The van der Waals surface area contributed by atoms with Crippen LogP contribution in [0.25, 0.3) is 0 Å². The Balaban J connectivity index is 0.000000231. The molecule has 2 heterocycles. The quantitative estimate of drug-likeness (QED) is 0.104. The second-order valence-electron chi connectivity index (χ2n) is 8.82. The van der Waals surface area contributed by atoms with Gasteiger partial charge in [0.2, 0.25) is 5.13 Å². The minimum absolute atomic E-state index is 0.0231. The van der Waals surface area contributed by atoms with E-state index in [1.54, 1.807) is 19.1 Å². The Kier molecular flexibility index (Phi) is 10.0. The summed E-state index contributed by atoms with van der Waals surface area (Å²) in [6.45, 7) is 1.75. The first-order valence-corrected chi connectivity index (χ1v) is 16.3. The fraction of sp³-hybridized carbons (Fsp3) is 0.0370. The number of carboxylic acids is 1. The van der Waals surface area contributed by atoms with Crippen LogP contribution in [0.3, 0.4) is 0 Å². The van der Waals surface area contributed by atoms with Crippen molar-refractivity contribution in [1.82, 2.24) is 15.2 Å². The van der Waals surface area contributed by atoms with Gasteiger partial charge < -0.3 is 15.9 Å². The number of aromatic hydroxyl groups is 1. The number of phenols is 1. The average Bonchev–Trinajstić information content (AvgIpc) is 3.41. The third kappa shape index (κ3) is 9.02. The molecule has 0 radical (unpaired) electrons. The number of nitrogens with one attached hydrogen (secondary N) is 2. The summed E-state index contributed by atoms with van der Waals surface area (Å²) in [7, 11) is -7.41. The first kappa shape index (κ1) is 32.5. The fourth-order valence-electron chi connectivity index (χ4n) is 3.34. The number of pyridine rings is 1. The van der Waals surface area contributed by atoms with E-state index in [0.717, 1.165) is 0 Å². The Bertz CT molecular complexity index is 2040. The van der Waals surface area contributed by atoms with Crippen molar-refractivity contribution in [2.24, 2.45) is 10.2 Å². The number of nitrogens with zero attached hydrogens (tertiary/aromatic N) is 5. The van der Waals surface area contributed by atoms with Gasteiger partial charge in [-0.25, -0.2) is 26.6 Å². The number of carboxylic acid groups (broad SMARTS) is 1. The molecule has 0 aliphatic rings. The third-order valence-corrected chi connectivity index (χ3v) is 9.09. The van der Waals surface area contributed by atoms with Crippen molar-refractivity contribution in [2.45, 2.75) is 16.7 Å². The second kappa shape index (κ2) is 13.9. The molecule has 0 fully saturated rings. The van der Waals surface area contributed by atoms with Gasteiger partial charge in [-0.1, -0.05) is 17.4 Å². The van der Waals surface area contributed by atoms with Crippen molar-refractivity contribution < 1.29 is 31.8 Å². The number of carbonyl (C=O) groups is 1. The Morgan fingerprint density at radius 2 is 1.42 bits per heavy atom. The molecule has 0 saturated heterocycles. The SMILES string of the molecule is Cc1nnc(NS(=O)(=O)c2ccc(N)cc2)s1.O=C(O)c1cc(N=Nc2ccc(S(=O)(=O)Nc3ccccn3)cc2)ccc1O. The maximum atomic E-state index is 12.3. The maximum Gasteiger partial charge on any atom is 0.339 e. The predicted octanol–water partition coefficient (Wildman–Crippen LogP) is 4.93. The van der Waals surface area contributed by atoms with Crippen LogP contribution < -0.4 is 15.2 Å². The molecular weight excluding hydrogens is 645 g/mol. The molecule has 5 rings (SSSR count). The van der Waals surface area contributed by atoms with Gasteiger partial charge in [0.05, 0.1) is 21.2 Å². The predicted molar refractivity (Wildman–Crippen MR) is 167 cm³/mol. The molecule has 0 bridgehead atoms. The zero-order valence-electron chi connectivity index (χ0n) is 23.1. The van der Waals surface area contributed by atoms with Crippen LogP contribution in [0.1, 0.15) is 15.4 Å². The first-order chi connectivity index (χ1) is 21.3. The number of nitrogens with two attached hydrogens (primary N) is 1. The van der Waals surface area contributed by atoms with Gasteiger partial charge in [-0.05, 0) is 85.8 Å². The lowest BCUT2D eigenvalue weighted by atomic mass is 10.2. The fourth-order valence-corrected chi connectivity index (χ4v) is 6.17. The highest BCUT2D eigenvalue weighted by atomic mass is 32.2. The molecule has 3 aromatic carbocycles. The van der Waals surface area contributed by atoms with Gasteiger partial charge in [0.1, 0.15) is 22.1 Å². The molecular formula is C27H24N8O7S3. The van der Waals surface area contributed by atoms with E-state index in [0.29, 0.717) is 16.4 Å². The number of azo groups is 1. The summed E-state index contributed by atoms with van der Waals surface area (Å²) in [5.74, 6) is -1.46. The molecule has 0 atom stereocenters. The average molecular weight is 669 g/mol. The van der Waals surface area contributed by atoms with Crippen LogP contribution in [0, 0.1) is 6.92 Å². The second-order valence-corrected chi connectivity index (χ2v) is 13.4. The highest BCUT2D eigenvalue weighted by molar-refractivity contribution is 7.93. The molecule has 6 N–H and O–H groups in total.